The van der Waals surface area contributed by atoms with Gasteiger partial charge in [-0.15, -0.1) is 56.7 Å². The van der Waals surface area contributed by atoms with Gasteiger partial charge in [0, 0.05) is 116 Å². The Bertz CT molecular complexity index is 9220. The van der Waals surface area contributed by atoms with E-state index in [0.29, 0.717) is 11.1 Å². The van der Waals surface area contributed by atoms with Crippen LogP contribution in [0, 0.1) is 69.1 Å². The van der Waals surface area contributed by atoms with Crippen LogP contribution < -0.4 is 22.8 Å². The van der Waals surface area contributed by atoms with Gasteiger partial charge in [-0.3, -0.25) is 0 Å². The molecule has 130 heavy (non-hydrogen) atoms. The molecule has 25 rings (SSSR count). The van der Waals surface area contributed by atoms with Crippen molar-refractivity contribution in [3.63, 3.8) is 0 Å². The Balaban J connectivity index is 0.000000102. The first kappa shape index (κ1) is 76.4. The van der Waals surface area contributed by atoms with Gasteiger partial charge in [0.1, 0.15) is 63.6 Å². The maximum absolute atomic E-state index is 8.25. The molecule has 0 N–H and O–H groups in total. The van der Waals surface area contributed by atoms with Crippen molar-refractivity contribution in [2.45, 2.75) is 69.1 Å². The quantitative estimate of drug-likeness (QED) is 0.158. The van der Waals surface area contributed by atoms with E-state index in [0.717, 1.165) is 58.1 Å². The molecule has 0 radical (unpaired) electrons. The predicted molar refractivity (Wildman–Crippen MR) is 562 cm³/mol. The van der Waals surface area contributed by atoms with Crippen LogP contribution in [-0.2, 0) is 35.2 Å². The fourth-order valence-electron chi connectivity index (χ4n) is 19.7. The third-order valence-electron chi connectivity index (χ3n) is 26.0. The van der Waals surface area contributed by atoms with Crippen LogP contribution in [0.15, 0.2) is 328 Å². The molecule has 0 aliphatic rings. The molecule has 0 amide bonds. The van der Waals surface area contributed by atoms with Gasteiger partial charge in [0.05, 0.1) is 33.3 Å². The lowest BCUT2D eigenvalue weighted by atomic mass is 9.98. The summed E-state index contributed by atoms with van der Waals surface area (Å²) in [6.45, 7) is 12.8. The number of hydrogen-bond donors (Lipinski definition) is 0. The molecule has 14 aromatic carbocycles. The molecule has 6 nitrogen and oxygen atoms in total. The SMILES string of the molecule is Cc1ccc(-c2c3sc4ccc5ccccc5c4c3c(C)c[n+]2C)c(C)c1.Cc1ccc2c(ccc3sc4c(-c5ccccc5C)[n+](C)ccc4c32)c1.Cc1ccccc1-c1c2sc3ccc4ccccc4c3c2cc[n+]1C.Cc1ccccc1-c1c2sc3nc4ccccc4cc3c2cc[n+]1C.[2H]C([2H])([2H])c1ccc(-c2c3sc4ccc5ccccc5c4c3c(C([2H])([2H])[2H])c[n+]2C)c(C)c1. The van der Waals surface area contributed by atoms with Gasteiger partial charge in [0.25, 0.3) is 0 Å². The molecule has 0 spiro atoms. The van der Waals surface area contributed by atoms with Gasteiger partial charge < -0.3 is 0 Å². The minimum Gasteiger partial charge on any atom is -0.237 e. The maximum Gasteiger partial charge on any atom is 0.230 e. The van der Waals surface area contributed by atoms with Gasteiger partial charge in [-0.1, -0.05) is 229 Å². The van der Waals surface area contributed by atoms with E-state index in [4.69, 9.17) is 13.2 Å². The van der Waals surface area contributed by atoms with E-state index in [1.54, 1.807) is 41.0 Å². The Morgan fingerprint density at radius 2 is 0.592 bits per heavy atom. The molecule has 630 valence electrons. The van der Waals surface area contributed by atoms with Crippen molar-refractivity contribution in [3.05, 3.63) is 384 Å². The summed E-state index contributed by atoms with van der Waals surface area (Å²) < 4.78 is 70.3. The molecule has 11 heteroatoms. The Morgan fingerprint density at radius 1 is 0.231 bits per heavy atom. The summed E-state index contributed by atoms with van der Waals surface area (Å²) in [6.07, 6.45) is 10.5. The zero-order valence-electron chi connectivity index (χ0n) is 80.9. The third-order valence-corrected chi connectivity index (χ3v) is 31.8. The smallest absolute Gasteiger partial charge is 0.230 e. The summed E-state index contributed by atoms with van der Waals surface area (Å²) in [5, 5.41) is 23.8. The summed E-state index contributed by atoms with van der Waals surface area (Å²) in [5.74, 6) is 0. The van der Waals surface area contributed by atoms with Crippen LogP contribution in [0.1, 0.15) is 63.9 Å². The van der Waals surface area contributed by atoms with Crippen LogP contribution in [0.2, 0.25) is 0 Å². The molecular formula is C119H99N6S5+5. The molecule has 11 aromatic heterocycles. The number of aryl methyl sites for hydroxylation is 15. The first-order valence-corrected chi connectivity index (χ1v) is 48.1. The highest BCUT2D eigenvalue weighted by molar-refractivity contribution is 7.28. The largest absolute Gasteiger partial charge is 0.237 e. The second-order valence-corrected chi connectivity index (χ2v) is 39.9. The van der Waals surface area contributed by atoms with Crippen LogP contribution in [0.4, 0.5) is 0 Å². The van der Waals surface area contributed by atoms with Gasteiger partial charge in [0.2, 0.25) is 28.5 Å². The number of thiophene rings is 5. The highest BCUT2D eigenvalue weighted by Crippen LogP contribution is 2.49. The molecule has 0 aliphatic carbocycles. The number of pyridine rings is 6. The standard InChI is InChI=1S/2C25H22NS.C24H20NS.C23H18NS.C22H17N2S/c2*1-15-9-11-19(16(2)13-15)24-25-22(17(3)14-26(24)4)23-20-8-6-5-7-18(20)10-12-21(23)27-25;1-15-8-10-19-17(14-15)9-11-21-22(19)20-12-13-25(3)23(24(20)26-21)18-7-5-4-6-16(18)2;1-15-7-3-5-9-17(15)22-23-19(13-14-24(22)2)21-18-10-6-4-8-16(18)11-12-20(21)25-23;1-14-7-3-5-9-16(14)20-21-17(11-12-24(20)2)18-13-15-8-4-6-10-19(15)23-22(18)25-21/h2*5-14H,1-4H3;4-14H,1-3H3;3-14H,1-2H3;3-13H,1-2H3/q5*+1/i1D3,3D3;;;;. The lowest BCUT2D eigenvalue weighted by Crippen LogP contribution is -2.31. The second-order valence-electron chi connectivity index (χ2n) is 34.7. The van der Waals surface area contributed by atoms with Crippen molar-refractivity contribution >= 4 is 212 Å². The number of rotatable bonds is 5. The van der Waals surface area contributed by atoms with E-state index in [2.05, 4.69) is 368 Å². The normalized spacial score (nSPS) is 12.5. The van der Waals surface area contributed by atoms with Crippen molar-refractivity contribution in [3.8, 4) is 56.3 Å². The average molecular weight is 1780 g/mol. The fourth-order valence-corrected chi connectivity index (χ4v) is 26.3. The molecule has 0 saturated heterocycles. The highest BCUT2D eigenvalue weighted by Gasteiger charge is 2.29. The van der Waals surface area contributed by atoms with E-state index in [9.17, 15) is 0 Å². The number of aromatic nitrogens is 6. The number of hydrogen-bond acceptors (Lipinski definition) is 6. The van der Waals surface area contributed by atoms with E-state index >= 15 is 0 Å². The van der Waals surface area contributed by atoms with Crippen molar-refractivity contribution in [1.29, 1.82) is 0 Å². The number of benzene rings is 14. The molecule has 11 heterocycles. The molecule has 0 atom stereocenters. The first-order chi connectivity index (χ1) is 65.6. The Labute approximate surface area is 786 Å². The van der Waals surface area contributed by atoms with E-state index in [1.807, 2.05) is 88.9 Å². The number of fused-ring (bicyclic) bond motifs is 24. The van der Waals surface area contributed by atoms with Gasteiger partial charge in [-0.2, -0.15) is 22.8 Å². The zero-order valence-corrected chi connectivity index (χ0v) is 79.0. The second kappa shape index (κ2) is 33.8. The molecule has 0 aliphatic heterocycles. The Morgan fingerprint density at radius 3 is 1.08 bits per heavy atom. The van der Waals surface area contributed by atoms with Crippen molar-refractivity contribution < 1.29 is 31.1 Å². The van der Waals surface area contributed by atoms with Crippen LogP contribution >= 0.6 is 56.7 Å². The van der Waals surface area contributed by atoms with Crippen LogP contribution in [0.25, 0.3) is 211 Å². The highest BCUT2D eigenvalue weighted by atomic mass is 32.1. The molecular weight excluding hydrogens is 1670 g/mol. The topological polar surface area (TPSA) is 32.3 Å². The number of para-hydroxylation sites is 1. The van der Waals surface area contributed by atoms with Gasteiger partial charge in [0.15, 0.2) is 31.0 Å². The van der Waals surface area contributed by atoms with Gasteiger partial charge >= 0.3 is 0 Å². The first-order valence-electron chi connectivity index (χ1n) is 47.1. The molecule has 25 aromatic rings. The summed E-state index contributed by atoms with van der Waals surface area (Å²) in [5.41, 5.74) is 23.9. The van der Waals surface area contributed by atoms with E-state index in [1.165, 1.54) is 198 Å². The van der Waals surface area contributed by atoms with Gasteiger partial charge in [-0.25, -0.2) is 4.98 Å². The van der Waals surface area contributed by atoms with Crippen LogP contribution in [0.5, 0.6) is 0 Å². The third kappa shape index (κ3) is 14.6. The zero-order chi connectivity index (χ0) is 94.2. The predicted octanol–water partition coefficient (Wildman–Crippen LogP) is 31.0. The average Bonchev–Trinajstić information content (AvgIpc) is 1.56. The molecule has 0 unspecified atom stereocenters. The van der Waals surface area contributed by atoms with Crippen molar-refractivity contribution in [1.82, 2.24) is 4.98 Å². The lowest BCUT2D eigenvalue weighted by Gasteiger charge is -2.08. The molecule has 0 bridgehead atoms. The fraction of sp³-hybridized carbons (Fsp3) is 0.126. The lowest BCUT2D eigenvalue weighted by molar-refractivity contribution is -0.659. The van der Waals surface area contributed by atoms with Gasteiger partial charge in [-0.05, 0) is 207 Å². The minimum atomic E-state index is -2.28. The Hall–Kier alpha value is -13.6. The summed E-state index contributed by atoms with van der Waals surface area (Å²) in [7, 11) is 10.4. The van der Waals surface area contributed by atoms with E-state index in [-0.39, 0.29) is 0 Å². The van der Waals surface area contributed by atoms with Crippen LogP contribution in [-0.4, -0.2) is 4.98 Å². The monoisotopic (exact) mass is 1780 g/mol. The van der Waals surface area contributed by atoms with Crippen molar-refractivity contribution in [2.24, 2.45) is 35.2 Å². The minimum absolute atomic E-state index is 0.295. The summed E-state index contributed by atoms with van der Waals surface area (Å²) >= 11 is 9.09. The summed E-state index contributed by atoms with van der Waals surface area (Å²) in [4.78, 5) is 6.02. The van der Waals surface area contributed by atoms with Crippen molar-refractivity contribution in [2.75, 3.05) is 0 Å². The van der Waals surface area contributed by atoms with Crippen LogP contribution in [0.3, 0.4) is 0 Å². The number of nitrogens with zero attached hydrogens (tertiary/aromatic N) is 6. The molecule has 0 fully saturated rings. The maximum atomic E-state index is 8.25. The summed E-state index contributed by atoms with van der Waals surface area (Å²) in [6, 6.07) is 105. The van der Waals surface area contributed by atoms with E-state index < -0.39 is 13.7 Å². The Kier molecular flexibility index (Phi) is 19.9. The molecule has 0 saturated carbocycles.